The summed E-state index contributed by atoms with van der Waals surface area (Å²) in [5.41, 5.74) is 6.76. The van der Waals surface area contributed by atoms with Crippen LogP contribution in [-0.4, -0.2) is 22.6 Å². The number of pyridine rings is 1. The number of unbranched alkanes of at least 4 members (excludes halogenated alkanes) is 2. The first-order valence-electron chi connectivity index (χ1n) is 7.90. The first-order chi connectivity index (χ1) is 11.6. The molecule has 0 fully saturated rings. The number of rotatable bonds is 7. The van der Waals surface area contributed by atoms with Crippen molar-refractivity contribution in [3.8, 4) is 5.75 Å². The number of thiocarbonyl (C=S) groups is 1. The molecule has 1 aromatic carbocycles. The highest BCUT2D eigenvalue weighted by atomic mass is 32.1. The van der Waals surface area contributed by atoms with E-state index in [1.54, 1.807) is 30.5 Å². The molecular formula is C18H21N3O2S. The smallest absolute Gasteiger partial charge is 0.266 e. The van der Waals surface area contributed by atoms with Crippen LogP contribution in [0.4, 0.5) is 5.69 Å². The third-order valence-electron chi connectivity index (χ3n) is 3.44. The highest BCUT2D eigenvalue weighted by molar-refractivity contribution is 7.80. The van der Waals surface area contributed by atoms with E-state index in [0.29, 0.717) is 17.9 Å². The fraction of sp³-hybridized carbons (Fsp3) is 0.278. The Morgan fingerprint density at radius 1 is 1.25 bits per heavy atom. The average Bonchev–Trinajstić information content (AvgIpc) is 2.60. The fourth-order valence-electron chi connectivity index (χ4n) is 2.20. The lowest BCUT2D eigenvalue weighted by atomic mass is 10.2. The van der Waals surface area contributed by atoms with Gasteiger partial charge in [0.2, 0.25) is 0 Å². The van der Waals surface area contributed by atoms with Crippen molar-refractivity contribution in [1.82, 2.24) is 4.98 Å². The zero-order valence-corrected chi connectivity index (χ0v) is 14.5. The maximum absolute atomic E-state index is 12.6. The Kier molecular flexibility index (Phi) is 6.69. The van der Waals surface area contributed by atoms with Crippen molar-refractivity contribution in [1.29, 1.82) is 0 Å². The molecule has 2 aromatic rings. The van der Waals surface area contributed by atoms with Crippen LogP contribution in [-0.2, 0) is 0 Å². The maximum Gasteiger partial charge on any atom is 0.266 e. The summed E-state index contributed by atoms with van der Waals surface area (Å²) in [7, 11) is 0. The van der Waals surface area contributed by atoms with Gasteiger partial charge in [-0.1, -0.05) is 19.8 Å². The predicted molar refractivity (Wildman–Crippen MR) is 99.3 cm³/mol. The van der Waals surface area contributed by atoms with E-state index in [4.69, 9.17) is 22.7 Å². The number of aromatic nitrogens is 1. The van der Waals surface area contributed by atoms with Gasteiger partial charge < -0.3 is 10.5 Å². The summed E-state index contributed by atoms with van der Waals surface area (Å²) in [6.07, 6.45) is 6.41. The molecule has 0 saturated carbocycles. The van der Waals surface area contributed by atoms with Crippen molar-refractivity contribution in [3.05, 3.63) is 54.4 Å². The Morgan fingerprint density at radius 3 is 2.58 bits per heavy atom. The van der Waals surface area contributed by atoms with Crippen molar-refractivity contribution < 1.29 is 9.53 Å². The molecule has 6 heteroatoms. The SMILES string of the molecule is CCCCCOc1ccc(N(C(=O)c2cccnc2)C(N)=S)cc1. The first-order valence-corrected chi connectivity index (χ1v) is 8.31. The van der Waals surface area contributed by atoms with Crippen LogP contribution in [0, 0.1) is 0 Å². The van der Waals surface area contributed by atoms with Crippen LogP contribution in [0.5, 0.6) is 5.75 Å². The molecule has 2 N–H and O–H groups in total. The number of nitrogens with two attached hydrogens (primary N) is 1. The molecule has 0 unspecified atom stereocenters. The van der Waals surface area contributed by atoms with Crippen LogP contribution >= 0.6 is 12.2 Å². The maximum atomic E-state index is 12.6. The van der Waals surface area contributed by atoms with Crippen LogP contribution in [0.1, 0.15) is 36.5 Å². The van der Waals surface area contributed by atoms with Gasteiger partial charge >= 0.3 is 0 Å². The van der Waals surface area contributed by atoms with Gasteiger partial charge in [-0.15, -0.1) is 0 Å². The number of carbonyl (C=O) groups is 1. The van der Waals surface area contributed by atoms with Gasteiger partial charge in [0, 0.05) is 12.4 Å². The number of hydrogen-bond donors (Lipinski definition) is 1. The third-order valence-corrected chi connectivity index (χ3v) is 3.63. The van der Waals surface area contributed by atoms with Crippen molar-refractivity contribution in [3.63, 3.8) is 0 Å². The molecule has 1 aromatic heterocycles. The van der Waals surface area contributed by atoms with E-state index in [2.05, 4.69) is 11.9 Å². The summed E-state index contributed by atoms with van der Waals surface area (Å²) in [4.78, 5) is 17.8. The van der Waals surface area contributed by atoms with Crippen LogP contribution in [0.2, 0.25) is 0 Å². The van der Waals surface area contributed by atoms with Crippen LogP contribution < -0.4 is 15.4 Å². The molecule has 1 heterocycles. The Bertz CT molecular complexity index is 674. The van der Waals surface area contributed by atoms with E-state index in [1.165, 1.54) is 11.1 Å². The summed E-state index contributed by atoms with van der Waals surface area (Å²) >= 11 is 5.04. The average molecular weight is 343 g/mol. The summed E-state index contributed by atoms with van der Waals surface area (Å²) in [5, 5.41) is -0.0135. The van der Waals surface area contributed by atoms with Crippen LogP contribution in [0.25, 0.3) is 0 Å². The molecule has 24 heavy (non-hydrogen) atoms. The molecule has 0 radical (unpaired) electrons. The lowest BCUT2D eigenvalue weighted by Gasteiger charge is -2.21. The summed E-state index contributed by atoms with van der Waals surface area (Å²) in [6.45, 7) is 2.83. The first kappa shape index (κ1) is 17.9. The number of carbonyl (C=O) groups excluding carboxylic acids is 1. The second-order valence-corrected chi connectivity index (χ2v) is 5.69. The van der Waals surface area contributed by atoms with E-state index < -0.39 is 0 Å². The highest BCUT2D eigenvalue weighted by Crippen LogP contribution is 2.21. The molecule has 0 spiro atoms. The topological polar surface area (TPSA) is 68.5 Å². The molecule has 0 aliphatic heterocycles. The van der Waals surface area contributed by atoms with E-state index in [-0.39, 0.29) is 11.0 Å². The number of ether oxygens (including phenoxy) is 1. The molecule has 0 bridgehead atoms. The molecule has 0 aliphatic rings. The molecule has 0 saturated heterocycles. The Labute approximate surface area is 147 Å². The molecule has 5 nitrogen and oxygen atoms in total. The predicted octanol–water partition coefficient (Wildman–Crippen LogP) is 3.54. The molecular weight excluding hydrogens is 322 g/mol. The van der Waals surface area contributed by atoms with Crippen LogP contribution in [0.15, 0.2) is 48.8 Å². The zero-order valence-electron chi connectivity index (χ0n) is 13.6. The van der Waals surface area contributed by atoms with Crippen molar-refractivity contribution in [2.24, 2.45) is 5.73 Å². The van der Waals surface area contributed by atoms with Crippen molar-refractivity contribution in [2.75, 3.05) is 11.5 Å². The normalized spacial score (nSPS) is 10.2. The second-order valence-electron chi connectivity index (χ2n) is 5.27. The Morgan fingerprint density at radius 2 is 2.00 bits per heavy atom. The molecule has 2 rings (SSSR count). The number of benzene rings is 1. The minimum Gasteiger partial charge on any atom is -0.494 e. The number of amides is 1. The van der Waals surface area contributed by atoms with Gasteiger partial charge in [-0.25, -0.2) is 0 Å². The molecule has 126 valence electrons. The minimum atomic E-state index is -0.313. The number of anilines is 1. The van der Waals surface area contributed by atoms with Gasteiger partial charge in [0.05, 0.1) is 17.9 Å². The number of nitrogens with zero attached hydrogens (tertiary/aromatic N) is 2. The van der Waals surface area contributed by atoms with Gasteiger partial charge in [0.15, 0.2) is 5.11 Å². The zero-order chi connectivity index (χ0) is 17.4. The summed E-state index contributed by atoms with van der Waals surface area (Å²) in [6, 6.07) is 10.5. The standard InChI is InChI=1S/C18H21N3O2S/c1-2-3-4-12-23-16-9-7-15(8-10-16)21(18(19)24)17(22)14-6-5-11-20-13-14/h5-11,13H,2-4,12H2,1H3,(H2,19,24). The van der Waals surface area contributed by atoms with Crippen molar-refractivity contribution >= 4 is 28.9 Å². The van der Waals surface area contributed by atoms with E-state index in [0.717, 1.165) is 25.0 Å². The van der Waals surface area contributed by atoms with E-state index in [1.807, 2.05) is 12.1 Å². The lowest BCUT2D eigenvalue weighted by molar-refractivity contribution is 0.100. The quantitative estimate of drug-likeness (QED) is 0.615. The Hall–Kier alpha value is -2.47. The summed E-state index contributed by atoms with van der Waals surface area (Å²) < 4.78 is 5.67. The molecule has 0 aliphatic carbocycles. The monoisotopic (exact) mass is 343 g/mol. The van der Waals surface area contributed by atoms with E-state index in [9.17, 15) is 4.79 Å². The van der Waals surface area contributed by atoms with Crippen molar-refractivity contribution in [2.45, 2.75) is 26.2 Å². The third kappa shape index (κ3) is 4.76. The van der Waals surface area contributed by atoms with Gasteiger partial charge in [-0.05, 0) is 55.0 Å². The second kappa shape index (κ2) is 8.98. The Balaban J connectivity index is 2.11. The van der Waals surface area contributed by atoms with Gasteiger partial charge in [0.1, 0.15) is 5.75 Å². The van der Waals surface area contributed by atoms with E-state index >= 15 is 0 Å². The lowest BCUT2D eigenvalue weighted by Crippen LogP contribution is -2.40. The number of hydrogen-bond acceptors (Lipinski definition) is 4. The molecule has 1 amide bonds. The highest BCUT2D eigenvalue weighted by Gasteiger charge is 2.20. The minimum absolute atomic E-state index is 0.0135. The summed E-state index contributed by atoms with van der Waals surface area (Å²) in [5.74, 6) is 0.443. The molecule has 0 atom stereocenters. The fourth-order valence-corrected chi connectivity index (χ4v) is 2.38. The van der Waals surface area contributed by atoms with Gasteiger partial charge in [0.25, 0.3) is 5.91 Å². The van der Waals surface area contributed by atoms with Crippen LogP contribution in [0.3, 0.4) is 0 Å². The largest absolute Gasteiger partial charge is 0.494 e. The van der Waals surface area contributed by atoms with Gasteiger partial charge in [-0.2, -0.15) is 0 Å². The van der Waals surface area contributed by atoms with Gasteiger partial charge in [-0.3, -0.25) is 14.7 Å².